The number of rotatable bonds is 5. The third-order valence-corrected chi connectivity index (χ3v) is 2.45. The highest BCUT2D eigenvalue weighted by Gasteiger charge is 2.31. The molecule has 19 heavy (non-hydrogen) atoms. The number of carbonyl (C=O) groups excluding carboxylic acids is 1. The molecule has 0 unspecified atom stereocenters. The van der Waals surface area contributed by atoms with Gasteiger partial charge in [0, 0.05) is 12.7 Å². The largest absolute Gasteiger partial charge is 0.417 e. The number of nitrogens with zero attached hydrogens (tertiary/aromatic N) is 1. The summed E-state index contributed by atoms with van der Waals surface area (Å²) in [4.78, 5) is 14.8. The van der Waals surface area contributed by atoms with Gasteiger partial charge in [0.25, 0.3) is 0 Å². The number of pyridine rings is 1. The van der Waals surface area contributed by atoms with Crippen molar-refractivity contribution < 1.29 is 18.0 Å². The number of hydrogen-bond donors (Lipinski definition) is 2. The van der Waals surface area contributed by atoms with Crippen molar-refractivity contribution >= 4 is 23.3 Å². The Morgan fingerprint density at radius 3 is 2.68 bits per heavy atom. The molecular formula is C11H13ClF3N3O. The summed E-state index contributed by atoms with van der Waals surface area (Å²) in [5.41, 5.74) is -0.932. The molecule has 0 aliphatic carbocycles. The molecular weight excluding hydrogens is 283 g/mol. The minimum Gasteiger partial charge on any atom is -0.360 e. The fourth-order valence-electron chi connectivity index (χ4n) is 1.21. The second-order valence-electron chi connectivity index (χ2n) is 3.76. The molecule has 2 N–H and O–H groups in total. The van der Waals surface area contributed by atoms with Crippen LogP contribution in [0.1, 0.15) is 18.9 Å². The second-order valence-corrected chi connectivity index (χ2v) is 4.16. The van der Waals surface area contributed by atoms with Crippen molar-refractivity contribution in [3.8, 4) is 0 Å². The Bertz CT molecular complexity index is 451. The Labute approximate surface area is 113 Å². The Morgan fingerprint density at radius 1 is 1.47 bits per heavy atom. The summed E-state index contributed by atoms with van der Waals surface area (Å²) in [5.74, 6) is -0.235. The van der Waals surface area contributed by atoms with Crippen molar-refractivity contribution in [2.45, 2.75) is 19.5 Å². The normalized spacial score (nSPS) is 11.2. The van der Waals surface area contributed by atoms with Crippen LogP contribution in [0, 0.1) is 0 Å². The quantitative estimate of drug-likeness (QED) is 0.878. The van der Waals surface area contributed by atoms with Crippen LogP contribution in [0.5, 0.6) is 0 Å². The lowest BCUT2D eigenvalue weighted by atomic mass is 10.3. The standard InChI is InChI=1S/C11H13ClF3N3O/c1-2-3-16-9(19)6-18-10-8(12)4-7(5-17-10)11(13,14)15/h4-5H,2-3,6H2,1H3,(H,16,19)(H,17,18). The molecule has 1 rings (SSSR count). The average molecular weight is 296 g/mol. The first kappa shape index (κ1) is 15.6. The number of carbonyl (C=O) groups is 1. The van der Waals surface area contributed by atoms with Gasteiger partial charge in [-0.2, -0.15) is 13.2 Å². The van der Waals surface area contributed by atoms with E-state index in [4.69, 9.17) is 11.6 Å². The first-order valence-electron chi connectivity index (χ1n) is 5.58. The van der Waals surface area contributed by atoms with Crippen molar-refractivity contribution in [2.24, 2.45) is 0 Å². The third-order valence-electron chi connectivity index (χ3n) is 2.16. The van der Waals surface area contributed by atoms with E-state index in [2.05, 4.69) is 15.6 Å². The highest BCUT2D eigenvalue weighted by Crippen LogP contribution is 2.32. The lowest BCUT2D eigenvalue weighted by Gasteiger charge is -2.10. The summed E-state index contributed by atoms with van der Waals surface area (Å²) < 4.78 is 37.1. The molecule has 0 aliphatic rings. The number of amides is 1. The maximum absolute atomic E-state index is 12.4. The van der Waals surface area contributed by atoms with E-state index in [0.29, 0.717) is 12.7 Å². The van der Waals surface area contributed by atoms with E-state index in [-0.39, 0.29) is 23.3 Å². The van der Waals surface area contributed by atoms with Crippen LogP contribution >= 0.6 is 11.6 Å². The number of aromatic nitrogens is 1. The molecule has 1 amide bonds. The number of hydrogen-bond acceptors (Lipinski definition) is 3. The van der Waals surface area contributed by atoms with E-state index in [9.17, 15) is 18.0 Å². The molecule has 106 valence electrons. The van der Waals surface area contributed by atoms with Crippen LogP contribution in [0.2, 0.25) is 5.02 Å². The molecule has 0 atom stereocenters. The van der Waals surface area contributed by atoms with Crippen LogP contribution in [0.3, 0.4) is 0 Å². The van der Waals surface area contributed by atoms with Crippen molar-refractivity contribution in [1.82, 2.24) is 10.3 Å². The Hall–Kier alpha value is -1.50. The van der Waals surface area contributed by atoms with Crippen molar-refractivity contribution in [2.75, 3.05) is 18.4 Å². The molecule has 0 fully saturated rings. The van der Waals surface area contributed by atoms with E-state index in [1.54, 1.807) is 0 Å². The van der Waals surface area contributed by atoms with Crippen LogP contribution in [0.25, 0.3) is 0 Å². The van der Waals surface area contributed by atoms with E-state index in [1.165, 1.54) is 0 Å². The SMILES string of the molecule is CCCNC(=O)CNc1ncc(C(F)(F)F)cc1Cl. The van der Waals surface area contributed by atoms with E-state index in [0.717, 1.165) is 12.5 Å². The topological polar surface area (TPSA) is 54.0 Å². The predicted molar refractivity (Wildman–Crippen MR) is 66.0 cm³/mol. The Kier molecular flexibility index (Phi) is 5.41. The predicted octanol–water partition coefficient (Wildman–Crippen LogP) is 2.69. The fraction of sp³-hybridized carbons (Fsp3) is 0.455. The van der Waals surface area contributed by atoms with Crippen LogP contribution in [0.4, 0.5) is 19.0 Å². The Morgan fingerprint density at radius 2 is 2.16 bits per heavy atom. The van der Waals surface area contributed by atoms with Gasteiger partial charge in [0.05, 0.1) is 17.1 Å². The second kappa shape index (κ2) is 6.60. The van der Waals surface area contributed by atoms with E-state index < -0.39 is 11.7 Å². The van der Waals surface area contributed by atoms with E-state index >= 15 is 0 Å². The van der Waals surface area contributed by atoms with Gasteiger partial charge in [-0.3, -0.25) is 4.79 Å². The summed E-state index contributed by atoms with van der Waals surface area (Å²) in [6.07, 6.45) is -3.03. The highest BCUT2D eigenvalue weighted by atomic mass is 35.5. The van der Waals surface area contributed by atoms with Crippen LogP contribution in [-0.2, 0) is 11.0 Å². The van der Waals surface area contributed by atoms with Crippen LogP contribution < -0.4 is 10.6 Å². The van der Waals surface area contributed by atoms with Gasteiger partial charge in [-0.05, 0) is 12.5 Å². The van der Waals surface area contributed by atoms with Gasteiger partial charge in [-0.25, -0.2) is 4.98 Å². The van der Waals surface area contributed by atoms with Gasteiger partial charge in [0.1, 0.15) is 5.82 Å². The molecule has 8 heteroatoms. The zero-order chi connectivity index (χ0) is 14.5. The van der Waals surface area contributed by atoms with Gasteiger partial charge in [-0.1, -0.05) is 18.5 Å². The highest BCUT2D eigenvalue weighted by molar-refractivity contribution is 6.33. The molecule has 0 aliphatic heterocycles. The van der Waals surface area contributed by atoms with Gasteiger partial charge in [0.15, 0.2) is 0 Å². The molecule has 0 saturated heterocycles. The molecule has 0 bridgehead atoms. The van der Waals surface area contributed by atoms with Gasteiger partial charge in [-0.15, -0.1) is 0 Å². The lowest BCUT2D eigenvalue weighted by Crippen LogP contribution is -2.30. The molecule has 1 heterocycles. The summed E-state index contributed by atoms with van der Waals surface area (Å²) in [7, 11) is 0. The molecule has 0 saturated carbocycles. The zero-order valence-electron chi connectivity index (χ0n) is 10.1. The Balaban J connectivity index is 2.63. The average Bonchev–Trinajstić information content (AvgIpc) is 2.33. The fourth-order valence-corrected chi connectivity index (χ4v) is 1.45. The third kappa shape index (κ3) is 4.94. The molecule has 1 aromatic heterocycles. The molecule has 4 nitrogen and oxygen atoms in total. The van der Waals surface area contributed by atoms with Crippen molar-refractivity contribution in [3.63, 3.8) is 0 Å². The van der Waals surface area contributed by atoms with Gasteiger partial charge < -0.3 is 10.6 Å². The minimum atomic E-state index is -4.49. The summed E-state index contributed by atoms with van der Waals surface area (Å²) >= 11 is 5.67. The van der Waals surface area contributed by atoms with Crippen LogP contribution in [0.15, 0.2) is 12.3 Å². The molecule has 1 aromatic rings. The van der Waals surface area contributed by atoms with Crippen molar-refractivity contribution in [1.29, 1.82) is 0 Å². The molecule has 0 aromatic carbocycles. The molecule has 0 radical (unpaired) electrons. The van der Waals surface area contributed by atoms with E-state index in [1.807, 2.05) is 6.92 Å². The number of anilines is 1. The number of alkyl halides is 3. The van der Waals surface area contributed by atoms with Gasteiger partial charge >= 0.3 is 6.18 Å². The minimum absolute atomic E-state index is 0.0429. The summed E-state index contributed by atoms with van der Waals surface area (Å²) in [6, 6.07) is 0.765. The molecule has 0 spiro atoms. The van der Waals surface area contributed by atoms with Gasteiger partial charge in [0.2, 0.25) is 5.91 Å². The maximum Gasteiger partial charge on any atom is 0.417 e. The lowest BCUT2D eigenvalue weighted by molar-refractivity contribution is -0.137. The number of nitrogens with one attached hydrogen (secondary N) is 2. The zero-order valence-corrected chi connectivity index (χ0v) is 10.9. The number of halogens is 4. The first-order valence-corrected chi connectivity index (χ1v) is 5.95. The van der Waals surface area contributed by atoms with Crippen molar-refractivity contribution in [3.05, 3.63) is 22.8 Å². The maximum atomic E-state index is 12.4. The smallest absolute Gasteiger partial charge is 0.360 e. The summed E-state index contributed by atoms with van der Waals surface area (Å²) in [6.45, 7) is 2.34. The van der Waals surface area contributed by atoms with Crippen LogP contribution in [-0.4, -0.2) is 24.0 Å². The monoisotopic (exact) mass is 295 g/mol. The first-order chi connectivity index (χ1) is 8.84. The summed E-state index contributed by atoms with van der Waals surface area (Å²) in [5, 5.41) is 5.00.